The number of carbonyl (C=O) groups is 2. The first-order valence-electron chi connectivity index (χ1n) is 10.5. The van der Waals surface area contributed by atoms with Gasteiger partial charge in [-0.3, -0.25) is 14.8 Å². The minimum Gasteiger partial charge on any atom is -0.486 e. The molecule has 2 fully saturated rings. The van der Waals surface area contributed by atoms with E-state index in [9.17, 15) is 9.59 Å². The summed E-state index contributed by atoms with van der Waals surface area (Å²) in [5, 5.41) is 13.1. The molecule has 2 saturated heterocycles. The van der Waals surface area contributed by atoms with Gasteiger partial charge in [0.05, 0.1) is 10.0 Å². The number of nitrogens with zero attached hydrogens (tertiary/aromatic N) is 2. The van der Waals surface area contributed by atoms with Gasteiger partial charge in [0.2, 0.25) is 0 Å². The molecule has 2 aliphatic rings. The normalized spacial score (nSPS) is 22.6. The number of aromatic nitrogens is 1. The molecule has 172 valence electrons. The van der Waals surface area contributed by atoms with Crippen LogP contribution in [0.3, 0.4) is 0 Å². The average Bonchev–Trinajstić information content (AvgIpc) is 3.18. The Hall–Kier alpha value is -2.26. The molecule has 0 aliphatic carbocycles. The van der Waals surface area contributed by atoms with Gasteiger partial charge in [-0.1, -0.05) is 29.3 Å². The lowest BCUT2D eigenvalue weighted by Crippen LogP contribution is -2.49. The summed E-state index contributed by atoms with van der Waals surface area (Å²) in [4.78, 5) is 27.9. The SMILES string of the molecule is CN1C2CCC1CC(NC(=O)c1c(OCc3ccc(Cl)c(Cl)c3)c(C(=O)NO)cn1C)C2. The molecule has 2 unspecified atom stereocenters. The second-order valence-corrected chi connectivity index (χ2v) is 9.32. The van der Waals surface area contributed by atoms with Gasteiger partial charge in [0, 0.05) is 31.4 Å². The van der Waals surface area contributed by atoms with E-state index in [1.165, 1.54) is 10.8 Å². The van der Waals surface area contributed by atoms with Crippen molar-refractivity contribution in [2.24, 2.45) is 7.05 Å². The maximum Gasteiger partial charge on any atom is 0.279 e. The first-order chi connectivity index (χ1) is 15.3. The fourth-order valence-corrected chi connectivity index (χ4v) is 5.12. The van der Waals surface area contributed by atoms with Crippen molar-refractivity contribution in [3.05, 3.63) is 51.3 Å². The Morgan fingerprint density at radius 3 is 2.44 bits per heavy atom. The molecule has 3 N–H and O–H groups in total. The summed E-state index contributed by atoms with van der Waals surface area (Å²) in [6, 6.07) is 6.08. The number of hydroxylamine groups is 1. The first kappa shape index (κ1) is 22.9. The van der Waals surface area contributed by atoms with Crippen LogP contribution in [0.1, 0.15) is 52.1 Å². The van der Waals surface area contributed by atoms with E-state index in [2.05, 4.69) is 17.3 Å². The number of hydrogen-bond donors (Lipinski definition) is 3. The van der Waals surface area contributed by atoms with Crippen LogP contribution in [-0.2, 0) is 13.7 Å². The largest absolute Gasteiger partial charge is 0.486 e. The third-order valence-electron chi connectivity index (χ3n) is 6.50. The zero-order chi connectivity index (χ0) is 23.0. The highest BCUT2D eigenvalue weighted by Gasteiger charge is 2.39. The molecule has 0 saturated carbocycles. The Morgan fingerprint density at radius 2 is 1.81 bits per heavy atom. The minimum atomic E-state index is -0.763. The fourth-order valence-electron chi connectivity index (χ4n) is 4.80. The summed E-state index contributed by atoms with van der Waals surface area (Å²) in [6.07, 6.45) is 5.55. The number of nitrogens with one attached hydrogen (secondary N) is 2. The van der Waals surface area contributed by atoms with Crippen LogP contribution in [0.15, 0.2) is 24.4 Å². The van der Waals surface area contributed by atoms with Gasteiger partial charge in [-0.2, -0.15) is 0 Å². The van der Waals surface area contributed by atoms with Gasteiger partial charge >= 0.3 is 0 Å². The van der Waals surface area contributed by atoms with Crippen LogP contribution in [0, 0.1) is 0 Å². The van der Waals surface area contributed by atoms with Crippen molar-refractivity contribution in [1.82, 2.24) is 20.3 Å². The zero-order valence-corrected chi connectivity index (χ0v) is 19.4. The Labute approximate surface area is 196 Å². The number of hydrogen-bond acceptors (Lipinski definition) is 5. The van der Waals surface area contributed by atoms with Crippen molar-refractivity contribution in [2.45, 2.75) is 50.4 Å². The summed E-state index contributed by atoms with van der Waals surface area (Å²) in [7, 11) is 3.81. The van der Waals surface area contributed by atoms with E-state index in [1.54, 1.807) is 30.7 Å². The molecule has 32 heavy (non-hydrogen) atoms. The van der Waals surface area contributed by atoms with Crippen LogP contribution in [0.4, 0.5) is 0 Å². The predicted molar refractivity (Wildman–Crippen MR) is 121 cm³/mol. The molecule has 3 heterocycles. The number of piperidine rings is 1. The Morgan fingerprint density at radius 1 is 1.12 bits per heavy atom. The number of carbonyl (C=O) groups excluding carboxylic acids is 2. The van der Waals surface area contributed by atoms with Crippen LogP contribution >= 0.6 is 23.2 Å². The van der Waals surface area contributed by atoms with Crippen molar-refractivity contribution >= 4 is 35.0 Å². The first-order valence-corrected chi connectivity index (χ1v) is 11.3. The second-order valence-electron chi connectivity index (χ2n) is 8.50. The standard InChI is InChI=1S/C22H26Cl2N4O4/c1-27-10-16(21(29)26-31)20(32-11-12-3-6-17(23)18(24)7-12)19(27)22(30)25-13-8-14-4-5-15(9-13)28(14)2/h3,6-7,10,13-15,31H,4-5,8-9,11H2,1-2H3,(H,25,30)(H,26,29). The molecule has 0 spiro atoms. The molecule has 1 aromatic carbocycles. The molecule has 4 rings (SSSR count). The lowest BCUT2D eigenvalue weighted by Gasteiger charge is -2.36. The van der Waals surface area contributed by atoms with E-state index in [0.717, 1.165) is 31.2 Å². The van der Waals surface area contributed by atoms with Gasteiger partial charge < -0.3 is 19.5 Å². The third-order valence-corrected chi connectivity index (χ3v) is 7.24. The monoisotopic (exact) mass is 480 g/mol. The molecule has 2 aliphatic heterocycles. The molecule has 2 amide bonds. The number of rotatable bonds is 6. The lowest BCUT2D eigenvalue weighted by atomic mass is 9.98. The summed E-state index contributed by atoms with van der Waals surface area (Å²) in [5.41, 5.74) is 2.61. The van der Waals surface area contributed by atoms with Crippen molar-refractivity contribution < 1.29 is 19.5 Å². The quantitative estimate of drug-likeness (QED) is 0.435. The van der Waals surface area contributed by atoms with Crippen LogP contribution in [-0.4, -0.2) is 51.7 Å². The molecule has 2 bridgehead atoms. The van der Waals surface area contributed by atoms with Gasteiger partial charge in [-0.25, -0.2) is 5.48 Å². The lowest BCUT2D eigenvalue weighted by molar-refractivity contribution is 0.0702. The Bertz CT molecular complexity index is 1030. The van der Waals surface area contributed by atoms with Crippen molar-refractivity contribution in [2.75, 3.05) is 7.05 Å². The Balaban J connectivity index is 1.56. The predicted octanol–water partition coefficient (Wildman–Crippen LogP) is 3.38. The topological polar surface area (TPSA) is 95.8 Å². The van der Waals surface area contributed by atoms with Crippen molar-refractivity contribution in [3.63, 3.8) is 0 Å². The zero-order valence-electron chi connectivity index (χ0n) is 17.9. The summed E-state index contributed by atoms with van der Waals surface area (Å²) in [6.45, 7) is 0.0608. The van der Waals surface area contributed by atoms with Gasteiger partial charge in [0.1, 0.15) is 17.9 Å². The molecular formula is C22H26Cl2N4O4. The van der Waals surface area contributed by atoms with Crippen molar-refractivity contribution in [3.8, 4) is 5.75 Å². The Kier molecular flexibility index (Phi) is 6.67. The smallest absolute Gasteiger partial charge is 0.279 e. The molecule has 0 radical (unpaired) electrons. The average molecular weight is 481 g/mol. The molecule has 8 nitrogen and oxygen atoms in total. The molecular weight excluding hydrogens is 455 g/mol. The number of aryl methyl sites for hydroxylation is 1. The van der Waals surface area contributed by atoms with E-state index >= 15 is 0 Å². The van der Waals surface area contributed by atoms with E-state index in [0.29, 0.717) is 22.1 Å². The van der Waals surface area contributed by atoms with Gasteiger partial charge in [-0.15, -0.1) is 0 Å². The summed E-state index contributed by atoms with van der Waals surface area (Å²) in [5.74, 6) is -0.984. The van der Waals surface area contributed by atoms with E-state index in [-0.39, 0.29) is 35.6 Å². The van der Waals surface area contributed by atoms with Crippen LogP contribution in [0.5, 0.6) is 5.75 Å². The highest BCUT2D eigenvalue weighted by molar-refractivity contribution is 6.42. The van der Waals surface area contributed by atoms with Crippen molar-refractivity contribution in [1.29, 1.82) is 0 Å². The van der Waals surface area contributed by atoms with Gasteiger partial charge in [-0.05, 0) is 50.4 Å². The molecule has 10 heteroatoms. The minimum absolute atomic E-state index is 0.0589. The van der Waals surface area contributed by atoms with E-state index in [1.807, 2.05) is 0 Å². The van der Waals surface area contributed by atoms with Crippen LogP contribution in [0.2, 0.25) is 10.0 Å². The summed E-state index contributed by atoms with van der Waals surface area (Å²) < 4.78 is 7.45. The number of fused-ring (bicyclic) bond motifs is 2. The highest BCUT2D eigenvalue weighted by atomic mass is 35.5. The van der Waals surface area contributed by atoms with Crippen LogP contribution < -0.4 is 15.5 Å². The highest BCUT2D eigenvalue weighted by Crippen LogP contribution is 2.35. The third kappa shape index (κ3) is 4.45. The number of halogens is 2. The number of amides is 2. The van der Waals surface area contributed by atoms with E-state index in [4.69, 9.17) is 33.1 Å². The van der Waals surface area contributed by atoms with Gasteiger partial charge in [0.15, 0.2) is 5.75 Å². The molecule has 2 aromatic rings. The maximum atomic E-state index is 13.2. The summed E-state index contributed by atoms with van der Waals surface area (Å²) >= 11 is 12.0. The molecule has 2 atom stereocenters. The maximum absolute atomic E-state index is 13.2. The number of benzene rings is 1. The second kappa shape index (κ2) is 9.31. The molecule has 1 aromatic heterocycles. The number of ether oxygens (including phenoxy) is 1. The van der Waals surface area contributed by atoms with Gasteiger partial charge in [0.25, 0.3) is 11.8 Å². The van der Waals surface area contributed by atoms with Crippen LogP contribution in [0.25, 0.3) is 0 Å². The fraction of sp³-hybridized carbons (Fsp3) is 0.455. The van der Waals surface area contributed by atoms with E-state index < -0.39 is 5.91 Å².